The number of aromatic nitrogens is 1. The highest BCUT2D eigenvalue weighted by Gasteiger charge is 2.26. The van der Waals surface area contributed by atoms with Gasteiger partial charge in [-0.15, -0.1) is 22.7 Å². The van der Waals surface area contributed by atoms with E-state index in [0.717, 1.165) is 16.3 Å². The number of rotatable bonds is 5. The molecule has 0 spiro atoms. The van der Waals surface area contributed by atoms with Crippen LogP contribution in [0.3, 0.4) is 0 Å². The fourth-order valence-corrected chi connectivity index (χ4v) is 5.08. The monoisotopic (exact) mass is 346 g/mol. The van der Waals surface area contributed by atoms with Gasteiger partial charge in [0.15, 0.2) is 0 Å². The first-order valence-corrected chi connectivity index (χ1v) is 9.06. The van der Waals surface area contributed by atoms with Gasteiger partial charge in [0.1, 0.15) is 9.09 Å². The number of nitrogens with zero attached hydrogens (tertiary/aromatic N) is 2. The van der Waals surface area contributed by atoms with Crippen molar-refractivity contribution in [1.82, 2.24) is 9.29 Å². The minimum atomic E-state index is -3.71. The van der Waals surface area contributed by atoms with E-state index in [1.54, 1.807) is 6.92 Å². The molecule has 2 aromatic rings. The van der Waals surface area contributed by atoms with Crippen LogP contribution in [0.4, 0.5) is 0 Å². The molecule has 2 rings (SSSR count). The van der Waals surface area contributed by atoms with Gasteiger partial charge in [-0.3, -0.25) is 0 Å². The second-order valence-corrected chi connectivity index (χ2v) is 8.89. The van der Waals surface area contributed by atoms with E-state index in [1.807, 2.05) is 12.3 Å². The zero-order chi connectivity index (χ0) is 15.8. The standard InChI is InChI=1S/C12H14N2O4S3/c1-7-4-10(20-11(7)12(15)16)21(17,18)14(3)5-9-6-19-8(2)13-9/h4,6H,5H2,1-3H3,(H,15,16). The third-order valence-electron chi connectivity index (χ3n) is 2.81. The highest BCUT2D eigenvalue weighted by molar-refractivity contribution is 7.91. The van der Waals surface area contributed by atoms with Crippen LogP contribution in [0.15, 0.2) is 15.7 Å². The first-order valence-electron chi connectivity index (χ1n) is 5.93. The summed E-state index contributed by atoms with van der Waals surface area (Å²) in [6.07, 6.45) is 0. The number of carboxylic acids is 1. The van der Waals surface area contributed by atoms with Crippen LogP contribution in [0.25, 0.3) is 0 Å². The van der Waals surface area contributed by atoms with E-state index in [-0.39, 0.29) is 15.6 Å². The maximum Gasteiger partial charge on any atom is 0.346 e. The predicted molar refractivity (Wildman–Crippen MR) is 81.5 cm³/mol. The van der Waals surface area contributed by atoms with Crippen molar-refractivity contribution in [3.05, 3.63) is 32.6 Å². The predicted octanol–water partition coefficient (Wildman–Crippen LogP) is 2.34. The molecule has 21 heavy (non-hydrogen) atoms. The molecule has 2 aromatic heterocycles. The van der Waals surface area contributed by atoms with Crippen molar-refractivity contribution >= 4 is 38.7 Å². The summed E-state index contributed by atoms with van der Waals surface area (Å²) in [6, 6.07) is 1.40. The van der Waals surface area contributed by atoms with Gasteiger partial charge in [-0.2, -0.15) is 4.31 Å². The summed E-state index contributed by atoms with van der Waals surface area (Å²) in [5.41, 5.74) is 1.12. The lowest BCUT2D eigenvalue weighted by Gasteiger charge is -2.14. The molecule has 0 bridgehead atoms. The minimum Gasteiger partial charge on any atom is -0.477 e. The normalized spacial score (nSPS) is 12.0. The Morgan fingerprint density at radius 1 is 1.43 bits per heavy atom. The van der Waals surface area contributed by atoms with Crippen molar-refractivity contribution in [2.75, 3.05) is 7.05 Å². The van der Waals surface area contributed by atoms with E-state index in [9.17, 15) is 13.2 Å². The van der Waals surface area contributed by atoms with Crippen molar-refractivity contribution in [3.63, 3.8) is 0 Å². The van der Waals surface area contributed by atoms with E-state index in [2.05, 4.69) is 4.98 Å². The van der Waals surface area contributed by atoms with E-state index >= 15 is 0 Å². The van der Waals surface area contributed by atoms with Gasteiger partial charge in [0.05, 0.1) is 17.2 Å². The lowest BCUT2D eigenvalue weighted by molar-refractivity contribution is 0.0701. The Balaban J connectivity index is 2.28. The minimum absolute atomic E-state index is 0.0341. The number of aromatic carboxylic acids is 1. The van der Waals surface area contributed by atoms with Gasteiger partial charge < -0.3 is 5.11 Å². The summed E-state index contributed by atoms with van der Waals surface area (Å²) < 4.78 is 26.1. The molecular formula is C12H14N2O4S3. The number of carbonyl (C=O) groups is 1. The van der Waals surface area contributed by atoms with Crippen LogP contribution in [-0.2, 0) is 16.6 Å². The second-order valence-electron chi connectivity index (χ2n) is 4.50. The highest BCUT2D eigenvalue weighted by Crippen LogP contribution is 2.28. The maximum atomic E-state index is 12.5. The molecule has 0 radical (unpaired) electrons. The second kappa shape index (κ2) is 5.84. The number of aryl methyl sites for hydroxylation is 2. The summed E-state index contributed by atoms with van der Waals surface area (Å²) in [5.74, 6) is -1.11. The zero-order valence-corrected chi connectivity index (χ0v) is 14.1. The lowest BCUT2D eigenvalue weighted by atomic mass is 10.3. The number of hydrogen-bond donors (Lipinski definition) is 1. The van der Waals surface area contributed by atoms with Crippen molar-refractivity contribution in [1.29, 1.82) is 0 Å². The zero-order valence-electron chi connectivity index (χ0n) is 11.7. The highest BCUT2D eigenvalue weighted by atomic mass is 32.2. The van der Waals surface area contributed by atoms with Crippen molar-refractivity contribution in [2.45, 2.75) is 24.6 Å². The van der Waals surface area contributed by atoms with E-state index in [1.165, 1.54) is 28.8 Å². The molecular weight excluding hydrogens is 332 g/mol. The lowest BCUT2D eigenvalue weighted by Crippen LogP contribution is -2.26. The SMILES string of the molecule is Cc1nc(CN(C)S(=O)(=O)c2cc(C)c(C(=O)O)s2)cs1. The fourth-order valence-electron chi connectivity index (χ4n) is 1.74. The van der Waals surface area contributed by atoms with Gasteiger partial charge in [0, 0.05) is 12.4 Å². The first kappa shape index (κ1) is 16.1. The molecule has 0 saturated heterocycles. The van der Waals surface area contributed by atoms with E-state index in [4.69, 9.17) is 5.11 Å². The smallest absolute Gasteiger partial charge is 0.346 e. The summed E-state index contributed by atoms with van der Waals surface area (Å²) in [6.45, 7) is 3.60. The number of hydrogen-bond acceptors (Lipinski definition) is 6. The quantitative estimate of drug-likeness (QED) is 0.898. The Labute approximate surface area is 130 Å². The van der Waals surface area contributed by atoms with Crippen molar-refractivity contribution < 1.29 is 18.3 Å². The topological polar surface area (TPSA) is 87.6 Å². The van der Waals surface area contributed by atoms with Gasteiger partial charge in [-0.05, 0) is 25.5 Å². The third-order valence-corrected chi connectivity index (χ3v) is 7.11. The largest absolute Gasteiger partial charge is 0.477 e. The molecule has 0 amide bonds. The Bertz CT molecular complexity index is 776. The first-order chi connectivity index (χ1) is 9.71. The number of carboxylic acid groups (broad SMARTS) is 1. The summed E-state index contributed by atoms with van der Waals surface area (Å²) in [5, 5.41) is 11.7. The van der Waals surface area contributed by atoms with Crippen LogP contribution in [-0.4, -0.2) is 35.8 Å². The summed E-state index contributed by atoms with van der Waals surface area (Å²) in [4.78, 5) is 15.3. The Morgan fingerprint density at radius 3 is 2.57 bits per heavy atom. The van der Waals surface area contributed by atoms with Crippen molar-refractivity contribution in [2.24, 2.45) is 0 Å². The van der Waals surface area contributed by atoms with Crippen LogP contribution in [0.5, 0.6) is 0 Å². The Kier molecular flexibility index (Phi) is 4.47. The van der Waals surface area contributed by atoms with Crippen LogP contribution >= 0.6 is 22.7 Å². The van der Waals surface area contributed by atoms with Crippen LogP contribution < -0.4 is 0 Å². The molecule has 1 N–H and O–H groups in total. The molecule has 114 valence electrons. The van der Waals surface area contributed by atoms with Gasteiger partial charge in [0.2, 0.25) is 0 Å². The molecule has 9 heteroatoms. The fraction of sp³-hybridized carbons (Fsp3) is 0.333. The van der Waals surface area contributed by atoms with Crippen LogP contribution in [0.2, 0.25) is 0 Å². The third kappa shape index (κ3) is 3.31. The maximum absolute atomic E-state index is 12.5. The molecule has 0 aliphatic rings. The molecule has 0 saturated carbocycles. The molecule has 6 nitrogen and oxygen atoms in total. The van der Waals surface area contributed by atoms with Gasteiger partial charge >= 0.3 is 5.97 Å². The molecule has 0 atom stereocenters. The summed E-state index contributed by atoms with van der Waals surface area (Å²) in [7, 11) is -2.25. The molecule has 0 fully saturated rings. The van der Waals surface area contributed by atoms with E-state index < -0.39 is 16.0 Å². The van der Waals surface area contributed by atoms with E-state index in [0.29, 0.717) is 11.3 Å². The molecule has 2 heterocycles. The molecule has 0 aromatic carbocycles. The van der Waals surface area contributed by atoms with Gasteiger partial charge in [-0.25, -0.2) is 18.2 Å². The summed E-state index contributed by atoms with van der Waals surface area (Å²) >= 11 is 2.23. The van der Waals surface area contributed by atoms with Gasteiger partial charge in [0.25, 0.3) is 10.0 Å². The molecule has 0 aliphatic heterocycles. The average molecular weight is 346 g/mol. The molecule has 0 aliphatic carbocycles. The Hall–Kier alpha value is -1.29. The van der Waals surface area contributed by atoms with Crippen LogP contribution in [0, 0.1) is 13.8 Å². The van der Waals surface area contributed by atoms with Gasteiger partial charge in [-0.1, -0.05) is 0 Å². The number of sulfonamides is 1. The van der Waals surface area contributed by atoms with Crippen molar-refractivity contribution in [3.8, 4) is 0 Å². The number of thiophene rings is 1. The van der Waals surface area contributed by atoms with Crippen LogP contribution in [0.1, 0.15) is 25.9 Å². The molecule has 0 unspecified atom stereocenters. The average Bonchev–Trinajstić information content (AvgIpc) is 2.95. The Morgan fingerprint density at radius 2 is 2.10 bits per heavy atom. The number of thiazole rings is 1.